The largest absolute Gasteiger partial charge is 0.398 e. The van der Waals surface area contributed by atoms with Crippen LogP contribution in [-0.2, 0) is 16.8 Å². The van der Waals surface area contributed by atoms with Crippen molar-refractivity contribution in [2.45, 2.75) is 6.54 Å². The molecule has 17 heavy (non-hydrogen) atoms. The molecule has 0 atom stereocenters. The van der Waals surface area contributed by atoms with Crippen molar-refractivity contribution in [3.63, 3.8) is 0 Å². The number of anilines is 1. The number of nitrogens with zero attached hydrogens (tertiary/aromatic N) is 2. The topological polar surface area (TPSA) is 66.6 Å². The number of nitrogens with two attached hydrogens (primary N) is 1. The Hall–Kier alpha value is -1.18. The second kappa shape index (κ2) is 4.25. The fourth-order valence-corrected chi connectivity index (χ4v) is 3.07. The summed E-state index contributed by atoms with van der Waals surface area (Å²) in [5, 5.41) is 0. The summed E-state index contributed by atoms with van der Waals surface area (Å²) in [5.74, 6) is -0.477. The highest BCUT2D eigenvalue weighted by Gasteiger charge is 2.34. The van der Waals surface area contributed by atoms with Gasteiger partial charge in [0.05, 0.1) is 0 Å². The van der Waals surface area contributed by atoms with Crippen LogP contribution in [-0.4, -0.2) is 37.2 Å². The monoisotopic (exact) mass is 259 g/mol. The Labute approximate surface area is 99.8 Å². The molecule has 1 aliphatic heterocycles. The standard InChI is InChI=1S/C10H14FN3O2S/c1-13-5-6-14(17(13,15)16)7-8-9(11)3-2-4-10(8)12/h2-4H,5-7,12H2,1H3. The lowest BCUT2D eigenvalue weighted by atomic mass is 10.1. The smallest absolute Gasteiger partial charge is 0.282 e. The van der Waals surface area contributed by atoms with Crippen LogP contribution >= 0.6 is 0 Å². The molecule has 0 amide bonds. The van der Waals surface area contributed by atoms with Gasteiger partial charge in [0.2, 0.25) is 0 Å². The molecule has 94 valence electrons. The molecule has 0 aromatic heterocycles. The van der Waals surface area contributed by atoms with Crippen molar-refractivity contribution < 1.29 is 12.8 Å². The van der Waals surface area contributed by atoms with Crippen molar-refractivity contribution in [2.24, 2.45) is 0 Å². The first-order chi connectivity index (χ1) is 7.93. The van der Waals surface area contributed by atoms with Gasteiger partial charge in [-0.25, -0.2) is 4.39 Å². The van der Waals surface area contributed by atoms with E-state index in [1.807, 2.05) is 0 Å². The normalized spacial score (nSPS) is 20.8. The predicted molar refractivity (Wildman–Crippen MR) is 62.8 cm³/mol. The van der Waals surface area contributed by atoms with E-state index in [1.165, 1.54) is 27.8 Å². The van der Waals surface area contributed by atoms with Crippen molar-refractivity contribution >= 4 is 15.9 Å². The summed E-state index contributed by atoms with van der Waals surface area (Å²) in [6, 6.07) is 4.34. The Morgan fingerprint density at radius 3 is 2.65 bits per heavy atom. The molecule has 0 unspecified atom stereocenters. The van der Waals surface area contributed by atoms with Crippen molar-refractivity contribution in [1.82, 2.24) is 8.61 Å². The lowest BCUT2D eigenvalue weighted by molar-refractivity contribution is 0.436. The van der Waals surface area contributed by atoms with Gasteiger partial charge in [-0.15, -0.1) is 0 Å². The molecule has 0 saturated carbocycles. The van der Waals surface area contributed by atoms with Crippen LogP contribution in [0, 0.1) is 5.82 Å². The zero-order valence-corrected chi connectivity index (χ0v) is 10.2. The summed E-state index contributed by atoms with van der Waals surface area (Å²) < 4.78 is 39.6. The first-order valence-electron chi connectivity index (χ1n) is 5.17. The van der Waals surface area contributed by atoms with Gasteiger partial charge in [0, 0.05) is 37.9 Å². The molecule has 2 rings (SSSR count). The van der Waals surface area contributed by atoms with Crippen molar-refractivity contribution in [1.29, 1.82) is 0 Å². The molecule has 1 heterocycles. The van der Waals surface area contributed by atoms with Crippen LogP contribution in [0.15, 0.2) is 18.2 Å². The van der Waals surface area contributed by atoms with Crippen LogP contribution in [0.4, 0.5) is 10.1 Å². The van der Waals surface area contributed by atoms with E-state index in [1.54, 1.807) is 6.07 Å². The maximum Gasteiger partial charge on any atom is 0.282 e. The van der Waals surface area contributed by atoms with Crippen molar-refractivity contribution in [3.05, 3.63) is 29.6 Å². The summed E-state index contributed by atoms with van der Waals surface area (Å²) >= 11 is 0. The minimum Gasteiger partial charge on any atom is -0.398 e. The molecule has 2 N–H and O–H groups in total. The van der Waals surface area contributed by atoms with E-state index >= 15 is 0 Å². The maximum atomic E-state index is 13.5. The molecule has 0 radical (unpaired) electrons. The third-order valence-electron chi connectivity index (χ3n) is 2.87. The number of benzene rings is 1. The first-order valence-corrected chi connectivity index (χ1v) is 6.57. The Balaban J connectivity index is 2.29. The van der Waals surface area contributed by atoms with Gasteiger partial charge in [-0.1, -0.05) is 6.07 Å². The number of halogens is 1. The Morgan fingerprint density at radius 2 is 2.12 bits per heavy atom. The van der Waals surface area contributed by atoms with E-state index in [0.717, 1.165) is 0 Å². The highest BCUT2D eigenvalue weighted by Crippen LogP contribution is 2.22. The molecule has 5 nitrogen and oxygen atoms in total. The molecule has 1 aliphatic rings. The van der Waals surface area contributed by atoms with Gasteiger partial charge in [-0.2, -0.15) is 17.0 Å². The molecule has 1 saturated heterocycles. The molecular weight excluding hydrogens is 245 g/mol. The van der Waals surface area contributed by atoms with Crippen molar-refractivity contribution in [2.75, 3.05) is 25.9 Å². The number of nitrogen functional groups attached to an aromatic ring is 1. The van der Waals surface area contributed by atoms with Gasteiger partial charge < -0.3 is 5.73 Å². The van der Waals surface area contributed by atoms with Crippen LogP contribution < -0.4 is 5.73 Å². The van der Waals surface area contributed by atoms with Crippen LogP contribution in [0.1, 0.15) is 5.56 Å². The number of likely N-dealkylation sites (N-methyl/N-ethyl adjacent to an activating group) is 1. The van der Waals surface area contributed by atoms with E-state index in [-0.39, 0.29) is 17.8 Å². The fraction of sp³-hybridized carbons (Fsp3) is 0.400. The summed E-state index contributed by atoms with van der Waals surface area (Å²) in [6.45, 7) is 0.745. The molecule has 0 aliphatic carbocycles. The summed E-state index contributed by atoms with van der Waals surface area (Å²) in [7, 11) is -1.95. The Kier molecular flexibility index (Phi) is 3.07. The van der Waals surface area contributed by atoms with E-state index in [2.05, 4.69) is 0 Å². The molecule has 1 aromatic rings. The predicted octanol–water partition coefficient (Wildman–Crippen LogP) is 0.400. The SMILES string of the molecule is CN1CCN(Cc2c(N)cccc2F)S1(=O)=O. The minimum absolute atomic E-state index is 0.0226. The van der Waals surface area contributed by atoms with Gasteiger partial charge in [0.15, 0.2) is 0 Å². The van der Waals surface area contributed by atoms with E-state index < -0.39 is 16.0 Å². The average Bonchev–Trinajstić information content (AvgIpc) is 2.50. The first kappa shape index (κ1) is 12.3. The van der Waals surface area contributed by atoms with Crippen LogP contribution in [0.5, 0.6) is 0 Å². The number of hydrogen-bond acceptors (Lipinski definition) is 3. The van der Waals surface area contributed by atoms with Crippen molar-refractivity contribution in [3.8, 4) is 0 Å². The van der Waals surface area contributed by atoms with E-state index in [9.17, 15) is 12.8 Å². The third kappa shape index (κ3) is 2.13. The summed E-state index contributed by atoms with van der Waals surface area (Å²) in [5.41, 5.74) is 6.15. The zero-order valence-electron chi connectivity index (χ0n) is 9.43. The van der Waals surface area contributed by atoms with Crippen LogP contribution in [0.3, 0.4) is 0 Å². The second-order valence-corrected chi connectivity index (χ2v) is 6.01. The van der Waals surface area contributed by atoms with Gasteiger partial charge in [0.25, 0.3) is 10.2 Å². The highest BCUT2D eigenvalue weighted by molar-refractivity contribution is 7.86. The average molecular weight is 259 g/mol. The quantitative estimate of drug-likeness (QED) is 0.782. The molecule has 0 bridgehead atoms. The van der Waals surface area contributed by atoms with Gasteiger partial charge in [0.1, 0.15) is 5.82 Å². The lowest BCUT2D eigenvalue weighted by Gasteiger charge is -2.17. The Bertz CT molecular complexity index is 512. The maximum absolute atomic E-state index is 13.5. The molecule has 1 aromatic carbocycles. The molecule has 0 spiro atoms. The third-order valence-corrected chi connectivity index (χ3v) is 4.81. The van der Waals surface area contributed by atoms with Crippen LogP contribution in [0.25, 0.3) is 0 Å². The zero-order chi connectivity index (χ0) is 12.6. The lowest BCUT2D eigenvalue weighted by Crippen LogP contribution is -2.30. The van der Waals surface area contributed by atoms with E-state index in [4.69, 9.17) is 5.73 Å². The minimum atomic E-state index is -3.45. The number of hydrogen-bond donors (Lipinski definition) is 1. The van der Waals surface area contributed by atoms with Gasteiger partial charge in [-0.05, 0) is 12.1 Å². The van der Waals surface area contributed by atoms with E-state index in [0.29, 0.717) is 13.1 Å². The molecule has 7 heteroatoms. The second-order valence-electron chi connectivity index (χ2n) is 3.97. The Morgan fingerprint density at radius 1 is 1.41 bits per heavy atom. The van der Waals surface area contributed by atoms with Gasteiger partial charge in [-0.3, -0.25) is 0 Å². The number of rotatable bonds is 2. The summed E-state index contributed by atoms with van der Waals surface area (Å²) in [6.07, 6.45) is 0. The summed E-state index contributed by atoms with van der Waals surface area (Å²) in [4.78, 5) is 0. The molecular formula is C10H14FN3O2S. The van der Waals surface area contributed by atoms with Gasteiger partial charge >= 0.3 is 0 Å². The molecule has 1 fully saturated rings. The fourth-order valence-electron chi connectivity index (χ4n) is 1.76. The highest BCUT2D eigenvalue weighted by atomic mass is 32.2. The van der Waals surface area contributed by atoms with Crippen LogP contribution in [0.2, 0.25) is 0 Å².